The van der Waals surface area contributed by atoms with E-state index in [4.69, 9.17) is 14.4 Å². The van der Waals surface area contributed by atoms with Gasteiger partial charge in [-0.25, -0.2) is 9.98 Å². The van der Waals surface area contributed by atoms with Crippen LogP contribution in [0.2, 0.25) is 0 Å². The molecule has 0 saturated heterocycles. The van der Waals surface area contributed by atoms with Gasteiger partial charge in [0.1, 0.15) is 17.0 Å². The number of hydrogen-bond donors (Lipinski definition) is 0. The Kier molecular flexibility index (Phi) is 8.98. The first-order chi connectivity index (χ1) is 35.7. The highest BCUT2D eigenvalue weighted by molar-refractivity contribution is 6.20. The van der Waals surface area contributed by atoms with Gasteiger partial charge in [0.15, 0.2) is 5.84 Å². The number of aliphatic imine (C=N–C) groups is 2. The average Bonchev–Trinajstić information content (AvgIpc) is 4.17. The van der Waals surface area contributed by atoms with Crippen molar-refractivity contribution in [1.29, 1.82) is 0 Å². The molecule has 338 valence electrons. The quantitative estimate of drug-likeness (QED) is 0.164. The summed E-state index contributed by atoms with van der Waals surface area (Å²) in [5, 5.41) is 9.41. The highest BCUT2D eigenvalue weighted by atomic mass is 16.3. The van der Waals surface area contributed by atoms with Crippen LogP contribution in [0.5, 0.6) is 0 Å². The molecule has 0 atom stereocenters. The van der Waals surface area contributed by atoms with Crippen LogP contribution >= 0.6 is 0 Å². The molecule has 10 aromatic carbocycles. The molecule has 6 nitrogen and oxygen atoms in total. The van der Waals surface area contributed by atoms with E-state index in [1.54, 1.807) is 0 Å². The Labute approximate surface area is 414 Å². The summed E-state index contributed by atoms with van der Waals surface area (Å²) in [4.78, 5) is 11.2. The van der Waals surface area contributed by atoms with E-state index in [-0.39, 0.29) is 0 Å². The van der Waals surface area contributed by atoms with Gasteiger partial charge >= 0.3 is 0 Å². The lowest BCUT2D eigenvalue weighted by Crippen LogP contribution is -2.11. The summed E-state index contributed by atoms with van der Waals surface area (Å²) in [6.45, 7) is 0. The number of furan rings is 1. The van der Waals surface area contributed by atoms with Crippen LogP contribution in [0.4, 0.5) is 0 Å². The number of para-hydroxylation sites is 5. The van der Waals surface area contributed by atoms with Crippen molar-refractivity contribution < 1.29 is 4.42 Å². The van der Waals surface area contributed by atoms with Crippen LogP contribution in [0, 0.1) is 0 Å². The minimum absolute atomic E-state index is 0.628. The van der Waals surface area contributed by atoms with Crippen LogP contribution in [-0.2, 0) is 0 Å². The third kappa shape index (κ3) is 6.22. The van der Waals surface area contributed by atoms with Crippen LogP contribution in [-0.4, -0.2) is 25.2 Å². The molecular formula is C66H43N5O. The molecule has 0 amide bonds. The Bertz CT molecular complexity index is 4560. The second kappa shape index (κ2) is 16.0. The SMILES string of the molecule is C1=C(n2c3ccccc3c3ccccc32)N=C(c2ccc3c(c2)oc2cccc(-c4ccccc4)c23)N=C(c2cccc(-n3c4ccccc4c4cc5c(cc43)c3ccccc3n5-c3ccccc3)c2)CC1. The topological polar surface area (TPSA) is 52.6 Å². The Morgan fingerprint density at radius 2 is 0.889 bits per heavy atom. The Morgan fingerprint density at radius 1 is 0.347 bits per heavy atom. The van der Waals surface area contributed by atoms with E-state index in [0.717, 1.165) is 95.6 Å². The summed E-state index contributed by atoms with van der Waals surface area (Å²) in [6.07, 6.45) is 3.75. The van der Waals surface area contributed by atoms with Gasteiger partial charge in [0.05, 0.1) is 38.8 Å². The van der Waals surface area contributed by atoms with Gasteiger partial charge in [-0.05, 0) is 114 Å². The first-order valence-electron chi connectivity index (χ1n) is 24.7. The molecule has 0 fully saturated rings. The fourth-order valence-corrected chi connectivity index (χ4v) is 11.6. The van der Waals surface area contributed by atoms with Gasteiger partial charge in [-0.15, -0.1) is 0 Å². The zero-order valence-electron chi connectivity index (χ0n) is 39.1. The smallest absolute Gasteiger partial charge is 0.161 e. The van der Waals surface area contributed by atoms with E-state index >= 15 is 0 Å². The third-order valence-corrected chi connectivity index (χ3v) is 14.7. The lowest BCUT2D eigenvalue weighted by molar-refractivity contribution is 0.669. The number of rotatable bonds is 6. The molecule has 4 aromatic heterocycles. The third-order valence-electron chi connectivity index (χ3n) is 14.7. The van der Waals surface area contributed by atoms with Gasteiger partial charge in [-0.1, -0.05) is 152 Å². The lowest BCUT2D eigenvalue weighted by atomic mass is 9.99. The molecule has 0 aliphatic carbocycles. The number of amidine groups is 1. The number of nitrogens with zero attached hydrogens (tertiary/aromatic N) is 5. The Hall–Kier alpha value is -9.52. The van der Waals surface area contributed by atoms with Crippen molar-refractivity contribution in [3.8, 4) is 22.5 Å². The summed E-state index contributed by atoms with van der Waals surface area (Å²) in [7, 11) is 0. The maximum Gasteiger partial charge on any atom is 0.161 e. The summed E-state index contributed by atoms with van der Waals surface area (Å²) in [6, 6.07) is 82.5. The number of hydrogen-bond acceptors (Lipinski definition) is 3. The van der Waals surface area contributed by atoms with E-state index in [0.29, 0.717) is 12.3 Å². The lowest BCUT2D eigenvalue weighted by Gasteiger charge is -2.16. The number of benzene rings is 10. The molecular weight excluding hydrogens is 879 g/mol. The van der Waals surface area contributed by atoms with Gasteiger partial charge in [-0.3, -0.25) is 4.57 Å². The van der Waals surface area contributed by atoms with Crippen molar-refractivity contribution in [3.05, 3.63) is 248 Å². The van der Waals surface area contributed by atoms with Crippen molar-refractivity contribution >= 4 is 105 Å². The zero-order valence-corrected chi connectivity index (χ0v) is 39.1. The van der Waals surface area contributed by atoms with Gasteiger partial charge in [-0.2, -0.15) is 0 Å². The van der Waals surface area contributed by atoms with Crippen molar-refractivity contribution in [2.24, 2.45) is 9.98 Å². The maximum absolute atomic E-state index is 6.70. The van der Waals surface area contributed by atoms with Crippen LogP contribution < -0.4 is 0 Å². The van der Waals surface area contributed by atoms with Crippen molar-refractivity contribution in [3.63, 3.8) is 0 Å². The maximum atomic E-state index is 6.70. The Morgan fingerprint density at radius 3 is 1.56 bits per heavy atom. The van der Waals surface area contributed by atoms with Crippen LogP contribution in [0.15, 0.2) is 251 Å². The summed E-state index contributed by atoms with van der Waals surface area (Å²) in [5.41, 5.74) is 16.0. The summed E-state index contributed by atoms with van der Waals surface area (Å²) < 4.78 is 13.8. The molecule has 0 spiro atoms. The average molecular weight is 922 g/mol. The van der Waals surface area contributed by atoms with Crippen molar-refractivity contribution in [2.45, 2.75) is 12.8 Å². The molecule has 0 saturated carbocycles. The molecule has 5 heterocycles. The van der Waals surface area contributed by atoms with Crippen molar-refractivity contribution in [1.82, 2.24) is 13.7 Å². The minimum atomic E-state index is 0.628. The van der Waals surface area contributed by atoms with Gasteiger partial charge in [0.25, 0.3) is 0 Å². The highest BCUT2D eigenvalue weighted by Gasteiger charge is 2.22. The second-order valence-electron chi connectivity index (χ2n) is 18.8. The summed E-state index contributed by atoms with van der Waals surface area (Å²) in [5.74, 6) is 1.48. The summed E-state index contributed by atoms with van der Waals surface area (Å²) >= 11 is 0. The molecule has 1 aliphatic rings. The normalized spacial score (nSPS) is 13.4. The van der Waals surface area contributed by atoms with E-state index < -0.39 is 0 Å². The van der Waals surface area contributed by atoms with Crippen LogP contribution in [0.25, 0.3) is 116 Å². The fraction of sp³-hybridized carbons (Fsp3) is 0.0303. The van der Waals surface area contributed by atoms with Crippen LogP contribution in [0.1, 0.15) is 24.0 Å². The van der Waals surface area contributed by atoms with E-state index in [1.807, 2.05) is 0 Å². The van der Waals surface area contributed by atoms with E-state index in [9.17, 15) is 0 Å². The van der Waals surface area contributed by atoms with Gasteiger partial charge in [0, 0.05) is 60.0 Å². The predicted molar refractivity (Wildman–Crippen MR) is 300 cm³/mol. The first kappa shape index (κ1) is 40.4. The number of allylic oxidation sites excluding steroid dienone is 1. The number of fused-ring (bicyclic) bond motifs is 12. The minimum Gasteiger partial charge on any atom is -0.456 e. The van der Waals surface area contributed by atoms with Crippen LogP contribution in [0.3, 0.4) is 0 Å². The fourth-order valence-electron chi connectivity index (χ4n) is 11.6. The zero-order chi connectivity index (χ0) is 47.3. The molecule has 0 N–H and O–H groups in total. The molecule has 0 unspecified atom stereocenters. The van der Waals surface area contributed by atoms with Gasteiger partial charge in [0.2, 0.25) is 0 Å². The molecule has 1 aliphatic heterocycles. The first-order valence-corrected chi connectivity index (χ1v) is 24.7. The van der Waals surface area contributed by atoms with Crippen molar-refractivity contribution in [2.75, 3.05) is 0 Å². The highest BCUT2D eigenvalue weighted by Crippen LogP contribution is 2.41. The molecule has 15 rings (SSSR count). The van der Waals surface area contributed by atoms with E-state index in [1.165, 1.54) is 43.4 Å². The molecule has 0 radical (unpaired) electrons. The molecule has 6 heteroatoms. The molecule has 0 bridgehead atoms. The largest absolute Gasteiger partial charge is 0.456 e. The molecule has 72 heavy (non-hydrogen) atoms. The molecule has 14 aromatic rings. The second-order valence-corrected chi connectivity index (χ2v) is 18.8. The van der Waals surface area contributed by atoms with E-state index in [2.05, 4.69) is 250 Å². The predicted octanol–water partition coefficient (Wildman–Crippen LogP) is 17.1. The monoisotopic (exact) mass is 921 g/mol. The Balaban J connectivity index is 0.918. The van der Waals surface area contributed by atoms with Gasteiger partial charge < -0.3 is 13.6 Å². The number of aromatic nitrogens is 3. The standard InChI is InChI=1S/C66H43N5O/c1-3-18-42(19-4-1)47-28-16-34-62-65(47)52-37-36-44(39-63(52)72-62)66-67-55(29-17-35-64(68-66)71-58-32-13-7-24-48(58)49-25-8-14-33-59(49)71)43-20-15-23-46(38-43)70-57-31-12-10-27-51(57)54-40-60-53(41-61(54)70)50-26-9-11-30-56(50)69(60)45-21-5-2-6-22-45/h1-16,18-28,30-41H,17,29H2.